The second-order valence-electron chi connectivity index (χ2n) is 5.02. The van der Waals surface area contributed by atoms with Gasteiger partial charge in [-0.3, -0.25) is 4.90 Å². The molecule has 0 aromatic heterocycles. The first-order valence-corrected chi connectivity index (χ1v) is 6.40. The molecule has 0 unspecified atom stereocenters. The van der Waals surface area contributed by atoms with Gasteiger partial charge in [0.1, 0.15) is 0 Å². The Labute approximate surface area is 117 Å². The molecule has 0 spiro atoms. The Morgan fingerprint density at radius 1 is 1.00 bits per heavy atom. The van der Waals surface area contributed by atoms with Crippen LogP contribution in [0.2, 0.25) is 0 Å². The van der Waals surface area contributed by atoms with Crippen LogP contribution in [-0.2, 0) is 4.74 Å². The van der Waals surface area contributed by atoms with Crippen LogP contribution in [0.15, 0.2) is 0 Å². The number of rotatable bonds is 3. The van der Waals surface area contributed by atoms with Gasteiger partial charge in [-0.25, -0.2) is 0 Å². The van der Waals surface area contributed by atoms with E-state index in [1.807, 2.05) is 0 Å². The summed E-state index contributed by atoms with van der Waals surface area (Å²) in [5, 5.41) is 0. The Balaban J connectivity index is 0.00000128. The van der Waals surface area contributed by atoms with Crippen molar-refractivity contribution in [2.24, 2.45) is 11.7 Å². The van der Waals surface area contributed by atoms with Gasteiger partial charge in [-0.05, 0) is 44.6 Å². The predicted octanol–water partition coefficient (Wildman–Crippen LogP) is 2.07. The molecule has 2 aliphatic rings. The molecule has 1 saturated heterocycles. The summed E-state index contributed by atoms with van der Waals surface area (Å²) in [6.07, 6.45) is 6.56. The van der Waals surface area contributed by atoms with Crippen molar-refractivity contribution in [2.45, 2.75) is 38.1 Å². The van der Waals surface area contributed by atoms with Crippen molar-refractivity contribution in [3.05, 3.63) is 0 Å². The predicted molar refractivity (Wildman–Crippen MR) is 76.3 cm³/mol. The van der Waals surface area contributed by atoms with Crippen LogP contribution in [0.1, 0.15) is 32.1 Å². The summed E-state index contributed by atoms with van der Waals surface area (Å²) in [4.78, 5) is 2.54. The van der Waals surface area contributed by atoms with Gasteiger partial charge in [0.2, 0.25) is 0 Å². The summed E-state index contributed by atoms with van der Waals surface area (Å²) in [7, 11) is 0. The highest BCUT2D eigenvalue weighted by Gasteiger charge is 2.19. The molecule has 2 rings (SSSR count). The maximum absolute atomic E-state index is 5.91. The number of nitrogens with two attached hydrogens (primary N) is 1. The maximum Gasteiger partial charge on any atom is 0.0594 e. The van der Waals surface area contributed by atoms with Gasteiger partial charge < -0.3 is 10.5 Å². The monoisotopic (exact) mass is 284 g/mol. The van der Waals surface area contributed by atoms with Crippen LogP contribution in [0, 0.1) is 5.92 Å². The second kappa shape index (κ2) is 9.40. The summed E-state index contributed by atoms with van der Waals surface area (Å²) >= 11 is 0. The van der Waals surface area contributed by atoms with Gasteiger partial charge in [0, 0.05) is 19.1 Å². The molecule has 1 heterocycles. The third-order valence-corrected chi connectivity index (χ3v) is 3.85. The Bertz CT molecular complexity index is 181. The minimum atomic E-state index is 0. The van der Waals surface area contributed by atoms with Crippen molar-refractivity contribution in [3.8, 4) is 0 Å². The van der Waals surface area contributed by atoms with E-state index in [-0.39, 0.29) is 24.8 Å². The lowest BCUT2D eigenvalue weighted by molar-refractivity contribution is 0.0344. The fourth-order valence-corrected chi connectivity index (χ4v) is 2.67. The first kappa shape index (κ1) is 17.5. The zero-order valence-electron chi connectivity index (χ0n) is 10.5. The number of morpholine rings is 1. The van der Waals surface area contributed by atoms with Gasteiger partial charge in [-0.1, -0.05) is 0 Å². The molecule has 1 aliphatic carbocycles. The van der Waals surface area contributed by atoms with Crippen LogP contribution in [0.25, 0.3) is 0 Å². The average molecular weight is 285 g/mol. The average Bonchev–Trinajstić information content (AvgIpc) is 2.30. The topological polar surface area (TPSA) is 38.5 Å². The molecule has 0 bridgehead atoms. The highest BCUT2D eigenvalue weighted by molar-refractivity contribution is 5.85. The number of halogens is 2. The SMILES string of the molecule is Cl.Cl.NC1CCC(CCN2CCOCC2)CC1. The van der Waals surface area contributed by atoms with Crippen LogP contribution in [0.4, 0.5) is 0 Å². The van der Waals surface area contributed by atoms with Gasteiger partial charge in [-0.2, -0.15) is 0 Å². The van der Waals surface area contributed by atoms with Crippen LogP contribution < -0.4 is 5.73 Å². The lowest BCUT2D eigenvalue weighted by Gasteiger charge is -2.30. The van der Waals surface area contributed by atoms with E-state index in [1.165, 1.54) is 38.6 Å². The number of hydrogen-bond acceptors (Lipinski definition) is 3. The molecule has 0 radical (unpaired) electrons. The molecule has 0 aromatic rings. The van der Waals surface area contributed by atoms with Gasteiger partial charge in [0.25, 0.3) is 0 Å². The largest absolute Gasteiger partial charge is 0.379 e. The maximum atomic E-state index is 5.91. The standard InChI is InChI=1S/C12H24N2O.2ClH/c13-12-3-1-11(2-4-12)5-6-14-7-9-15-10-8-14;;/h11-12H,1-10,13H2;2*1H. The zero-order chi connectivity index (χ0) is 10.5. The van der Waals surface area contributed by atoms with E-state index in [1.54, 1.807) is 0 Å². The van der Waals surface area contributed by atoms with E-state index >= 15 is 0 Å². The van der Waals surface area contributed by atoms with E-state index < -0.39 is 0 Å². The Morgan fingerprint density at radius 3 is 2.18 bits per heavy atom. The second-order valence-corrected chi connectivity index (χ2v) is 5.02. The van der Waals surface area contributed by atoms with Crippen molar-refractivity contribution in [3.63, 3.8) is 0 Å². The molecular weight excluding hydrogens is 259 g/mol. The lowest BCUT2D eigenvalue weighted by atomic mass is 9.84. The first-order valence-electron chi connectivity index (χ1n) is 6.40. The minimum absolute atomic E-state index is 0. The molecule has 5 heteroatoms. The molecule has 0 amide bonds. The third kappa shape index (κ3) is 6.25. The Kier molecular flexibility index (Phi) is 9.65. The molecule has 2 fully saturated rings. The summed E-state index contributed by atoms with van der Waals surface area (Å²) in [6.45, 7) is 5.38. The molecular formula is C12H26Cl2N2O. The van der Waals surface area contributed by atoms with Crippen LogP contribution >= 0.6 is 24.8 Å². The van der Waals surface area contributed by atoms with Crippen molar-refractivity contribution >= 4 is 24.8 Å². The highest BCUT2D eigenvalue weighted by atomic mass is 35.5. The van der Waals surface area contributed by atoms with E-state index in [0.29, 0.717) is 6.04 Å². The molecule has 2 N–H and O–H groups in total. The summed E-state index contributed by atoms with van der Waals surface area (Å²) < 4.78 is 5.35. The third-order valence-electron chi connectivity index (χ3n) is 3.85. The van der Waals surface area contributed by atoms with Crippen molar-refractivity contribution in [1.82, 2.24) is 4.90 Å². The van der Waals surface area contributed by atoms with Crippen molar-refractivity contribution in [1.29, 1.82) is 0 Å². The van der Waals surface area contributed by atoms with E-state index in [0.717, 1.165) is 32.2 Å². The number of hydrogen-bond donors (Lipinski definition) is 1. The van der Waals surface area contributed by atoms with Crippen LogP contribution in [0.3, 0.4) is 0 Å². The van der Waals surface area contributed by atoms with Gasteiger partial charge in [0.05, 0.1) is 13.2 Å². The molecule has 1 saturated carbocycles. The fourth-order valence-electron chi connectivity index (χ4n) is 2.67. The highest BCUT2D eigenvalue weighted by Crippen LogP contribution is 2.26. The van der Waals surface area contributed by atoms with E-state index in [2.05, 4.69) is 4.90 Å². The minimum Gasteiger partial charge on any atom is -0.379 e. The normalized spacial score (nSPS) is 30.2. The summed E-state index contributed by atoms with van der Waals surface area (Å²) in [5.41, 5.74) is 5.91. The number of ether oxygens (including phenoxy) is 1. The van der Waals surface area contributed by atoms with Gasteiger partial charge in [0.15, 0.2) is 0 Å². The molecule has 104 valence electrons. The van der Waals surface area contributed by atoms with Crippen LogP contribution in [0.5, 0.6) is 0 Å². The van der Waals surface area contributed by atoms with E-state index in [9.17, 15) is 0 Å². The fraction of sp³-hybridized carbons (Fsp3) is 1.00. The molecule has 0 atom stereocenters. The zero-order valence-corrected chi connectivity index (χ0v) is 12.1. The summed E-state index contributed by atoms with van der Waals surface area (Å²) in [6, 6.07) is 0.490. The van der Waals surface area contributed by atoms with Crippen LogP contribution in [-0.4, -0.2) is 43.8 Å². The smallest absolute Gasteiger partial charge is 0.0594 e. The molecule has 0 aromatic carbocycles. The Hall–Kier alpha value is 0.460. The van der Waals surface area contributed by atoms with Crippen molar-refractivity contribution < 1.29 is 4.74 Å². The van der Waals surface area contributed by atoms with E-state index in [4.69, 9.17) is 10.5 Å². The van der Waals surface area contributed by atoms with Gasteiger partial charge in [-0.15, -0.1) is 24.8 Å². The van der Waals surface area contributed by atoms with Crippen molar-refractivity contribution in [2.75, 3.05) is 32.8 Å². The first-order chi connectivity index (χ1) is 7.34. The number of nitrogens with zero attached hydrogens (tertiary/aromatic N) is 1. The molecule has 3 nitrogen and oxygen atoms in total. The van der Waals surface area contributed by atoms with Gasteiger partial charge >= 0.3 is 0 Å². The summed E-state index contributed by atoms with van der Waals surface area (Å²) in [5.74, 6) is 0.938. The molecule has 17 heavy (non-hydrogen) atoms. The quantitative estimate of drug-likeness (QED) is 0.862. The Morgan fingerprint density at radius 2 is 1.59 bits per heavy atom. The molecule has 1 aliphatic heterocycles. The lowest BCUT2D eigenvalue weighted by Crippen LogP contribution is -2.38.